The van der Waals surface area contributed by atoms with E-state index in [1.54, 1.807) is 6.07 Å². The Morgan fingerprint density at radius 3 is 2.77 bits per heavy atom. The molecule has 0 aliphatic heterocycles. The van der Waals surface area contributed by atoms with E-state index in [2.05, 4.69) is 0 Å². The van der Waals surface area contributed by atoms with Crippen LogP contribution in [0, 0.1) is 5.82 Å². The standard InChI is InChI=1S/C9H11ClFNO/c1-13-9-5-8(11)7(10)4-6(9)2-3-12/h4-5H,2-3,12H2,1H3. The molecule has 0 aliphatic rings. The minimum Gasteiger partial charge on any atom is -0.496 e. The van der Waals surface area contributed by atoms with E-state index in [0.29, 0.717) is 18.7 Å². The van der Waals surface area contributed by atoms with E-state index in [0.717, 1.165) is 5.56 Å². The third-order valence-corrected chi connectivity index (χ3v) is 2.03. The smallest absolute Gasteiger partial charge is 0.145 e. The summed E-state index contributed by atoms with van der Waals surface area (Å²) in [4.78, 5) is 0. The van der Waals surface area contributed by atoms with Crippen LogP contribution in [0.5, 0.6) is 5.75 Å². The number of hydrogen-bond acceptors (Lipinski definition) is 2. The Labute approximate surface area is 81.4 Å². The molecule has 0 atom stereocenters. The van der Waals surface area contributed by atoms with E-state index < -0.39 is 5.82 Å². The molecular formula is C9H11ClFNO. The number of ether oxygens (including phenoxy) is 1. The minimum absolute atomic E-state index is 0.101. The Balaban J connectivity index is 3.09. The van der Waals surface area contributed by atoms with E-state index >= 15 is 0 Å². The van der Waals surface area contributed by atoms with Gasteiger partial charge in [-0.15, -0.1) is 0 Å². The van der Waals surface area contributed by atoms with Crippen molar-refractivity contribution in [1.82, 2.24) is 0 Å². The summed E-state index contributed by atoms with van der Waals surface area (Å²) in [5.41, 5.74) is 6.21. The third kappa shape index (κ3) is 2.32. The predicted molar refractivity (Wildman–Crippen MR) is 50.7 cm³/mol. The predicted octanol–water partition coefficient (Wildman–Crippen LogP) is 1.99. The Morgan fingerprint density at radius 2 is 2.23 bits per heavy atom. The van der Waals surface area contributed by atoms with Gasteiger partial charge in [0.15, 0.2) is 0 Å². The van der Waals surface area contributed by atoms with Gasteiger partial charge >= 0.3 is 0 Å². The van der Waals surface area contributed by atoms with E-state index in [1.807, 2.05) is 0 Å². The summed E-state index contributed by atoms with van der Waals surface area (Å²) in [5.74, 6) is 0.0200. The van der Waals surface area contributed by atoms with Gasteiger partial charge in [0.2, 0.25) is 0 Å². The Kier molecular flexibility index (Phi) is 3.51. The topological polar surface area (TPSA) is 35.2 Å². The number of rotatable bonds is 3. The SMILES string of the molecule is COc1cc(F)c(Cl)cc1CCN. The van der Waals surface area contributed by atoms with Crippen LogP contribution in [-0.2, 0) is 6.42 Å². The van der Waals surface area contributed by atoms with E-state index in [1.165, 1.54) is 13.2 Å². The maximum atomic E-state index is 12.9. The summed E-state index contributed by atoms with van der Waals surface area (Å²) in [6.45, 7) is 0.484. The van der Waals surface area contributed by atoms with E-state index in [4.69, 9.17) is 22.1 Å². The minimum atomic E-state index is -0.473. The number of methoxy groups -OCH3 is 1. The highest BCUT2D eigenvalue weighted by Gasteiger charge is 2.07. The quantitative estimate of drug-likeness (QED) is 0.816. The van der Waals surface area contributed by atoms with Crippen molar-refractivity contribution < 1.29 is 9.13 Å². The molecule has 1 aromatic rings. The zero-order valence-electron chi connectivity index (χ0n) is 7.31. The number of halogens is 2. The molecule has 72 valence electrons. The van der Waals surface area contributed by atoms with Gasteiger partial charge in [0.25, 0.3) is 0 Å². The highest BCUT2D eigenvalue weighted by atomic mass is 35.5. The molecule has 0 amide bonds. The largest absolute Gasteiger partial charge is 0.496 e. The molecule has 0 fully saturated rings. The lowest BCUT2D eigenvalue weighted by Crippen LogP contribution is -2.04. The van der Waals surface area contributed by atoms with Crippen molar-refractivity contribution in [2.45, 2.75) is 6.42 Å². The summed E-state index contributed by atoms with van der Waals surface area (Å²) in [6, 6.07) is 2.82. The van der Waals surface area contributed by atoms with Crippen molar-refractivity contribution in [3.8, 4) is 5.75 Å². The van der Waals surface area contributed by atoms with Gasteiger partial charge in [-0.1, -0.05) is 11.6 Å². The normalized spacial score (nSPS) is 10.2. The monoisotopic (exact) mass is 203 g/mol. The molecule has 0 aliphatic carbocycles. The summed E-state index contributed by atoms with van der Waals surface area (Å²) in [7, 11) is 1.49. The molecule has 2 nitrogen and oxygen atoms in total. The maximum absolute atomic E-state index is 12.9. The van der Waals surface area contributed by atoms with Gasteiger partial charge in [-0.05, 0) is 24.6 Å². The fraction of sp³-hybridized carbons (Fsp3) is 0.333. The van der Waals surface area contributed by atoms with Gasteiger partial charge in [-0.25, -0.2) is 4.39 Å². The van der Waals surface area contributed by atoms with Crippen LogP contribution in [0.25, 0.3) is 0 Å². The molecule has 13 heavy (non-hydrogen) atoms. The Morgan fingerprint density at radius 1 is 1.54 bits per heavy atom. The van der Waals surface area contributed by atoms with Gasteiger partial charge in [0.05, 0.1) is 12.1 Å². The third-order valence-electron chi connectivity index (χ3n) is 1.74. The summed E-state index contributed by atoms with van der Waals surface area (Å²) in [5, 5.41) is 0.101. The lowest BCUT2D eigenvalue weighted by Gasteiger charge is -2.08. The molecule has 0 spiro atoms. The average Bonchev–Trinajstić information content (AvgIpc) is 2.11. The fourth-order valence-electron chi connectivity index (χ4n) is 1.11. The fourth-order valence-corrected chi connectivity index (χ4v) is 1.30. The lowest BCUT2D eigenvalue weighted by atomic mass is 10.1. The second kappa shape index (κ2) is 4.44. The van der Waals surface area contributed by atoms with Crippen molar-refractivity contribution in [2.24, 2.45) is 5.73 Å². The van der Waals surface area contributed by atoms with Gasteiger partial charge in [-0.3, -0.25) is 0 Å². The molecule has 0 aromatic heterocycles. The van der Waals surface area contributed by atoms with Crippen LogP contribution in [0.1, 0.15) is 5.56 Å². The Hall–Kier alpha value is -0.800. The summed E-state index contributed by atoms with van der Waals surface area (Å²) < 4.78 is 17.9. The van der Waals surface area contributed by atoms with Crippen LogP contribution in [0.15, 0.2) is 12.1 Å². The van der Waals surface area contributed by atoms with Crippen LogP contribution < -0.4 is 10.5 Å². The molecule has 0 saturated carbocycles. The summed E-state index contributed by atoms with van der Waals surface area (Å²) >= 11 is 5.61. The number of nitrogens with two attached hydrogens (primary N) is 1. The average molecular weight is 204 g/mol. The van der Waals surface area contributed by atoms with E-state index in [9.17, 15) is 4.39 Å². The van der Waals surface area contributed by atoms with Crippen molar-refractivity contribution >= 4 is 11.6 Å². The van der Waals surface area contributed by atoms with Crippen LogP contribution in [0.3, 0.4) is 0 Å². The molecule has 4 heteroatoms. The van der Waals surface area contributed by atoms with Crippen molar-refractivity contribution in [2.75, 3.05) is 13.7 Å². The molecule has 1 aromatic carbocycles. The first kappa shape index (κ1) is 10.3. The van der Waals surface area contributed by atoms with Gasteiger partial charge < -0.3 is 10.5 Å². The molecule has 0 bridgehead atoms. The van der Waals surface area contributed by atoms with Crippen molar-refractivity contribution in [1.29, 1.82) is 0 Å². The van der Waals surface area contributed by atoms with Gasteiger partial charge in [-0.2, -0.15) is 0 Å². The highest BCUT2D eigenvalue weighted by molar-refractivity contribution is 6.30. The summed E-state index contributed by atoms with van der Waals surface area (Å²) in [6.07, 6.45) is 0.628. The first-order chi connectivity index (χ1) is 6.19. The molecule has 0 unspecified atom stereocenters. The van der Waals surface area contributed by atoms with Crippen molar-refractivity contribution in [3.63, 3.8) is 0 Å². The molecule has 0 saturated heterocycles. The first-order valence-electron chi connectivity index (χ1n) is 3.91. The molecule has 2 N–H and O–H groups in total. The first-order valence-corrected chi connectivity index (χ1v) is 4.28. The molecule has 0 radical (unpaired) electrons. The Bertz CT molecular complexity index is 304. The number of benzene rings is 1. The van der Waals surface area contributed by atoms with Crippen molar-refractivity contribution in [3.05, 3.63) is 28.5 Å². The van der Waals surface area contributed by atoms with Crippen LogP contribution in [0.2, 0.25) is 5.02 Å². The van der Waals surface area contributed by atoms with E-state index in [-0.39, 0.29) is 5.02 Å². The highest BCUT2D eigenvalue weighted by Crippen LogP contribution is 2.25. The van der Waals surface area contributed by atoms with Gasteiger partial charge in [0.1, 0.15) is 11.6 Å². The molecule has 0 heterocycles. The van der Waals surface area contributed by atoms with Crippen LogP contribution >= 0.6 is 11.6 Å². The zero-order chi connectivity index (χ0) is 9.84. The second-order valence-corrected chi connectivity index (χ2v) is 3.02. The van der Waals surface area contributed by atoms with Crippen LogP contribution in [-0.4, -0.2) is 13.7 Å². The lowest BCUT2D eigenvalue weighted by molar-refractivity contribution is 0.406. The molecular weight excluding hydrogens is 193 g/mol. The number of hydrogen-bond donors (Lipinski definition) is 1. The molecule has 1 rings (SSSR count). The maximum Gasteiger partial charge on any atom is 0.145 e. The van der Waals surface area contributed by atoms with Gasteiger partial charge in [0, 0.05) is 6.07 Å². The zero-order valence-corrected chi connectivity index (χ0v) is 8.07. The second-order valence-electron chi connectivity index (χ2n) is 2.62. The van der Waals surface area contributed by atoms with Crippen LogP contribution in [0.4, 0.5) is 4.39 Å².